The predicted molar refractivity (Wildman–Crippen MR) is 111 cm³/mol. The third kappa shape index (κ3) is 3.63. The Labute approximate surface area is 164 Å². The summed E-state index contributed by atoms with van der Waals surface area (Å²) in [5.74, 6) is -0.956. The summed E-state index contributed by atoms with van der Waals surface area (Å²) in [5.41, 5.74) is 0.678. The molecule has 0 unspecified atom stereocenters. The van der Waals surface area contributed by atoms with Gasteiger partial charge in [-0.3, -0.25) is 14.4 Å². The molecule has 0 amide bonds. The number of hydrogen-bond acceptors (Lipinski definition) is 5. The molecule has 0 aliphatic heterocycles. The first-order valence-corrected chi connectivity index (χ1v) is 16.5. The maximum Gasteiger partial charge on any atom is 0.323 e. The normalized spacial score (nSPS) is 20.4. The second-order valence-corrected chi connectivity index (χ2v) is 19.6. The van der Waals surface area contributed by atoms with E-state index in [4.69, 9.17) is 9.47 Å². The Hall–Kier alpha value is -1.48. The summed E-state index contributed by atoms with van der Waals surface area (Å²) in [6.07, 6.45) is 1.97. The Balaban J connectivity index is 2.78. The molecule has 1 saturated carbocycles. The van der Waals surface area contributed by atoms with Gasteiger partial charge in [-0.2, -0.15) is 0 Å². The van der Waals surface area contributed by atoms with E-state index < -0.39 is 33.5 Å². The van der Waals surface area contributed by atoms with E-state index in [1.165, 1.54) is 14.2 Å². The minimum Gasteiger partial charge on any atom is -0.468 e. The van der Waals surface area contributed by atoms with E-state index in [0.717, 1.165) is 28.0 Å². The third-order valence-corrected chi connectivity index (χ3v) is 9.64. The van der Waals surface area contributed by atoms with Crippen LogP contribution in [0.5, 0.6) is 0 Å². The molecule has 27 heavy (non-hydrogen) atoms. The van der Waals surface area contributed by atoms with Crippen LogP contribution in [0.1, 0.15) is 25.7 Å². The lowest BCUT2D eigenvalue weighted by atomic mass is 9.79. The number of hydrogen-bond donors (Lipinski definition) is 0. The SMILES string of the molecule is COC(=O)C1(C(=O)OC)CCCC2=C([Si](C)(C)C)C(=O)C([Si](C)(C)C)=C2C1. The molecule has 0 bridgehead atoms. The number of allylic oxidation sites excluding steroid dienone is 4. The Morgan fingerprint density at radius 1 is 0.852 bits per heavy atom. The van der Waals surface area contributed by atoms with E-state index in [0.29, 0.717) is 12.8 Å². The fraction of sp³-hybridized carbons (Fsp3) is 0.650. The summed E-state index contributed by atoms with van der Waals surface area (Å²) >= 11 is 0. The van der Waals surface area contributed by atoms with Crippen LogP contribution < -0.4 is 0 Å². The lowest BCUT2D eigenvalue weighted by molar-refractivity contribution is -0.169. The van der Waals surface area contributed by atoms with Crippen LogP contribution in [-0.4, -0.2) is 48.1 Å². The molecule has 1 fully saturated rings. The van der Waals surface area contributed by atoms with Crippen LogP contribution in [0.15, 0.2) is 21.5 Å². The average Bonchev–Trinajstić information content (AvgIpc) is 2.70. The van der Waals surface area contributed by atoms with Crippen molar-refractivity contribution in [3.8, 4) is 0 Å². The van der Waals surface area contributed by atoms with Crippen molar-refractivity contribution in [3.63, 3.8) is 0 Å². The second-order valence-electron chi connectivity index (χ2n) is 9.63. The quantitative estimate of drug-likeness (QED) is 0.402. The van der Waals surface area contributed by atoms with Gasteiger partial charge in [-0.25, -0.2) is 0 Å². The predicted octanol–water partition coefficient (Wildman–Crippen LogP) is 3.82. The second kappa shape index (κ2) is 7.16. The van der Waals surface area contributed by atoms with Gasteiger partial charge in [0, 0.05) is 0 Å². The van der Waals surface area contributed by atoms with Gasteiger partial charge in [0.15, 0.2) is 11.2 Å². The van der Waals surface area contributed by atoms with Crippen molar-refractivity contribution >= 4 is 33.9 Å². The van der Waals surface area contributed by atoms with Crippen molar-refractivity contribution in [2.75, 3.05) is 14.2 Å². The summed E-state index contributed by atoms with van der Waals surface area (Å²) in [4.78, 5) is 38.9. The number of rotatable bonds is 4. The molecular weight excluding hydrogens is 376 g/mol. The van der Waals surface area contributed by atoms with Gasteiger partial charge < -0.3 is 9.47 Å². The number of methoxy groups -OCH3 is 2. The highest BCUT2D eigenvalue weighted by atomic mass is 28.3. The summed E-state index contributed by atoms with van der Waals surface area (Å²) in [7, 11) is -1.26. The molecule has 150 valence electrons. The van der Waals surface area contributed by atoms with Crippen LogP contribution >= 0.6 is 0 Å². The molecular formula is C20H32O5Si2. The van der Waals surface area contributed by atoms with E-state index in [1.807, 2.05) is 0 Å². The molecule has 0 saturated heterocycles. The standard InChI is InChI=1S/C20H32O5Si2/c1-24-18(22)20(19(23)25-2)11-9-10-13-14(12-20)17(27(6,7)8)15(21)16(13)26(3,4)5/h9-12H2,1-8H3. The molecule has 2 aliphatic carbocycles. The molecule has 0 N–H and O–H groups in total. The monoisotopic (exact) mass is 408 g/mol. The van der Waals surface area contributed by atoms with Crippen LogP contribution in [0.3, 0.4) is 0 Å². The van der Waals surface area contributed by atoms with Gasteiger partial charge in [0.1, 0.15) is 0 Å². The maximum atomic E-state index is 13.5. The lowest BCUT2D eigenvalue weighted by Gasteiger charge is -2.28. The van der Waals surface area contributed by atoms with Gasteiger partial charge in [0.25, 0.3) is 0 Å². The summed E-state index contributed by atoms with van der Waals surface area (Å²) in [6.45, 7) is 13.0. The number of ketones is 1. The highest BCUT2D eigenvalue weighted by Gasteiger charge is 2.53. The molecule has 2 rings (SSSR count). The minimum absolute atomic E-state index is 0.170. The molecule has 0 aromatic heterocycles. The van der Waals surface area contributed by atoms with Gasteiger partial charge in [-0.05, 0) is 47.2 Å². The summed E-state index contributed by atoms with van der Waals surface area (Å²) < 4.78 is 10.0. The van der Waals surface area contributed by atoms with Crippen LogP contribution in [0.25, 0.3) is 0 Å². The summed E-state index contributed by atoms with van der Waals surface area (Å²) in [6, 6.07) is 0. The van der Waals surface area contributed by atoms with E-state index in [2.05, 4.69) is 39.3 Å². The van der Waals surface area contributed by atoms with Gasteiger partial charge in [0.05, 0.1) is 30.4 Å². The van der Waals surface area contributed by atoms with Crippen molar-refractivity contribution in [2.24, 2.45) is 5.41 Å². The molecule has 0 aromatic rings. The molecule has 7 heteroatoms. The molecule has 5 nitrogen and oxygen atoms in total. The third-order valence-electron chi connectivity index (χ3n) is 5.58. The van der Waals surface area contributed by atoms with Crippen LogP contribution in [0.2, 0.25) is 39.3 Å². The summed E-state index contributed by atoms with van der Waals surface area (Å²) in [5, 5.41) is 1.87. The van der Waals surface area contributed by atoms with Crippen molar-refractivity contribution in [3.05, 3.63) is 21.5 Å². The van der Waals surface area contributed by atoms with Crippen molar-refractivity contribution in [1.29, 1.82) is 0 Å². The Morgan fingerprint density at radius 2 is 1.30 bits per heavy atom. The fourth-order valence-corrected chi connectivity index (χ4v) is 8.60. The zero-order chi connectivity index (χ0) is 20.8. The number of esters is 2. The molecule has 0 spiro atoms. The zero-order valence-corrected chi connectivity index (χ0v) is 19.9. The van der Waals surface area contributed by atoms with Gasteiger partial charge in [0.2, 0.25) is 0 Å². The minimum atomic E-state index is -1.98. The smallest absolute Gasteiger partial charge is 0.323 e. The molecule has 0 aromatic carbocycles. The maximum absolute atomic E-state index is 13.5. The van der Waals surface area contributed by atoms with E-state index in [1.54, 1.807) is 0 Å². The van der Waals surface area contributed by atoms with Crippen molar-refractivity contribution in [2.45, 2.75) is 65.0 Å². The van der Waals surface area contributed by atoms with Crippen molar-refractivity contribution < 1.29 is 23.9 Å². The van der Waals surface area contributed by atoms with Crippen LogP contribution in [0, 0.1) is 5.41 Å². The number of Topliss-reactive ketones (excluding diaryl/α,β-unsaturated/α-hetero) is 1. The fourth-order valence-electron chi connectivity index (χ4n) is 4.54. The molecule has 2 aliphatic rings. The highest BCUT2D eigenvalue weighted by molar-refractivity contribution is 6.94. The lowest BCUT2D eigenvalue weighted by Crippen LogP contribution is -2.42. The largest absolute Gasteiger partial charge is 0.468 e. The highest BCUT2D eigenvalue weighted by Crippen LogP contribution is 2.50. The molecule has 0 atom stereocenters. The Morgan fingerprint density at radius 3 is 1.70 bits per heavy atom. The molecule has 0 heterocycles. The number of carbonyl (C=O) groups is 3. The van der Waals surface area contributed by atoms with E-state index >= 15 is 0 Å². The zero-order valence-electron chi connectivity index (χ0n) is 17.9. The van der Waals surface area contributed by atoms with Gasteiger partial charge >= 0.3 is 11.9 Å². The first kappa shape index (κ1) is 21.8. The number of fused-ring (bicyclic) bond motifs is 1. The van der Waals surface area contributed by atoms with E-state index in [9.17, 15) is 14.4 Å². The van der Waals surface area contributed by atoms with Crippen LogP contribution in [0.4, 0.5) is 0 Å². The number of carbonyl (C=O) groups excluding carboxylic acids is 3. The average molecular weight is 409 g/mol. The van der Waals surface area contributed by atoms with E-state index in [-0.39, 0.29) is 12.2 Å². The number of ether oxygens (including phenoxy) is 2. The Bertz CT molecular complexity index is 731. The van der Waals surface area contributed by atoms with Crippen molar-refractivity contribution in [1.82, 2.24) is 0 Å². The van der Waals surface area contributed by atoms with Gasteiger partial charge in [-0.1, -0.05) is 39.3 Å². The topological polar surface area (TPSA) is 69.7 Å². The van der Waals surface area contributed by atoms with Crippen LogP contribution in [-0.2, 0) is 23.9 Å². The van der Waals surface area contributed by atoms with Gasteiger partial charge in [-0.15, -0.1) is 0 Å². The molecule has 0 radical (unpaired) electrons. The first-order valence-electron chi connectivity index (χ1n) is 9.50. The Kier molecular flexibility index (Phi) is 5.79. The first-order chi connectivity index (χ1) is 12.3.